The van der Waals surface area contributed by atoms with Crippen LogP contribution >= 0.6 is 0 Å². The second-order valence-electron chi connectivity index (χ2n) is 7.21. The smallest absolute Gasteiger partial charge is 0.252 e. The lowest BCUT2D eigenvalue weighted by Gasteiger charge is -2.22. The minimum Gasteiger partial charge on any atom is -0.479 e. The lowest BCUT2D eigenvalue weighted by Crippen LogP contribution is -2.38. The summed E-state index contributed by atoms with van der Waals surface area (Å²) < 4.78 is 35.8. The fraction of sp³-hybridized carbons (Fsp3) is 0.350. The maximum Gasteiger partial charge on any atom is 0.252 e. The first-order valence-corrected chi connectivity index (χ1v) is 9.65. The molecule has 0 saturated heterocycles. The number of ether oxygens (including phenoxy) is 1. The van der Waals surface area contributed by atoms with Crippen LogP contribution in [0, 0.1) is 11.6 Å². The Labute approximate surface area is 177 Å². The number of primary amides is 1. The molecule has 3 rings (SSSR count). The number of nitrogens with zero attached hydrogens (tertiary/aromatic N) is 3. The molecule has 0 spiro atoms. The predicted molar refractivity (Wildman–Crippen MR) is 115 cm³/mol. The Bertz CT molecular complexity index is 1130. The Hall–Kier alpha value is -3.47. The molecular formula is C20H25F2N7O2. The molecule has 31 heavy (non-hydrogen) atoms. The second kappa shape index (κ2) is 8.72. The Kier molecular flexibility index (Phi) is 6.25. The monoisotopic (exact) mass is 433 g/mol. The number of rotatable bonds is 8. The highest BCUT2D eigenvalue weighted by molar-refractivity contribution is 5.99. The number of pyridine rings is 1. The summed E-state index contributed by atoms with van der Waals surface area (Å²) in [6.07, 6.45) is 0.627. The Morgan fingerprint density at radius 3 is 2.55 bits per heavy atom. The Morgan fingerprint density at radius 1 is 1.26 bits per heavy atom. The van der Waals surface area contributed by atoms with E-state index in [9.17, 15) is 13.6 Å². The molecule has 0 saturated carbocycles. The molecule has 0 radical (unpaired) electrons. The quantitative estimate of drug-likeness (QED) is 0.429. The van der Waals surface area contributed by atoms with E-state index in [0.29, 0.717) is 11.8 Å². The number of methoxy groups -OCH3 is 1. The molecule has 0 fully saturated rings. The highest BCUT2D eigenvalue weighted by atomic mass is 19.1. The lowest BCUT2D eigenvalue weighted by atomic mass is 10.1. The van der Waals surface area contributed by atoms with Crippen molar-refractivity contribution in [1.29, 1.82) is 0 Å². The van der Waals surface area contributed by atoms with Crippen LogP contribution < -0.4 is 26.8 Å². The first-order valence-electron chi connectivity index (χ1n) is 9.65. The summed E-state index contributed by atoms with van der Waals surface area (Å²) in [6.45, 7) is 3.68. The number of carbonyl (C=O) groups is 1. The number of benzene rings is 1. The van der Waals surface area contributed by atoms with E-state index < -0.39 is 17.5 Å². The summed E-state index contributed by atoms with van der Waals surface area (Å²) in [6, 6.07) is 3.26. The lowest BCUT2D eigenvalue weighted by molar-refractivity contribution is 0.100. The van der Waals surface area contributed by atoms with Crippen molar-refractivity contribution in [2.75, 3.05) is 17.7 Å². The van der Waals surface area contributed by atoms with Crippen molar-refractivity contribution in [3.8, 4) is 5.88 Å². The number of halogens is 2. The summed E-state index contributed by atoms with van der Waals surface area (Å²) in [5.41, 5.74) is 11.6. The highest BCUT2D eigenvalue weighted by Crippen LogP contribution is 2.32. The van der Waals surface area contributed by atoms with Crippen molar-refractivity contribution >= 4 is 34.1 Å². The van der Waals surface area contributed by atoms with Gasteiger partial charge in [0.2, 0.25) is 5.88 Å². The minimum atomic E-state index is -0.889. The summed E-state index contributed by atoms with van der Waals surface area (Å²) in [7, 11) is 3.02. The first kappa shape index (κ1) is 22.2. The maximum absolute atomic E-state index is 14.7. The molecular weight excluding hydrogens is 408 g/mol. The van der Waals surface area contributed by atoms with Gasteiger partial charge >= 0.3 is 0 Å². The van der Waals surface area contributed by atoms with E-state index in [2.05, 4.69) is 20.7 Å². The highest BCUT2D eigenvalue weighted by Gasteiger charge is 2.21. The van der Waals surface area contributed by atoms with Crippen LogP contribution in [0.4, 0.5) is 26.1 Å². The Morgan fingerprint density at radius 2 is 1.97 bits per heavy atom. The molecule has 2 atom stereocenters. The van der Waals surface area contributed by atoms with Gasteiger partial charge in [0.05, 0.1) is 18.1 Å². The van der Waals surface area contributed by atoms with E-state index in [1.54, 1.807) is 20.0 Å². The topological polar surface area (TPSA) is 133 Å². The van der Waals surface area contributed by atoms with Crippen molar-refractivity contribution in [3.63, 3.8) is 0 Å². The molecule has 2 heterocycles. The van der Waals surface area contributed by atoms with Gasteiger partial charge < -0.3 is 26.8 Å². The van der Waals surface area contributed by atoms with Crippen LogP contribution in [-0.4, -0.2) is 39.9 Å². The first-order chi connectivity index (χ1) is 14.7. The average Bonchev–Trinajstić information content (AvgIpc) is 3.03. The van der Waals surface area contributed by atoms with Crippen LogP contribution in [0.5, 0.6) is 5.88 Å². The summed E-state index contributed by atoms with van der Waals surface area (Å²) >= 11 is 0. The van der Waals surface area contributed by atoms with Gasteiger partial charge in [0.1, 0.15) is 11.3 Å². The van der Waals surface area contributed by atoms with Gasteiger partial charge in [-0.15, -0.1) is 5.10 Å². The molecule has 2 aromatic heterocycles. The van der Waals surface area contributed by atoms with Gasteiger partial charge in [-0.2, -0.15) is 0 Å². The fourth-order valence-corrected chi connectivity index (χ4v) is 3.34. The van der Waals surface area contributed by atoms with Gasteiger partial charge in [0.15, 0.2) is 17.5 Å². The number of nitrogens with two attached hydrogens (primary N) is 2. The third kappa shape index (κ3) is 4.36. The van der Waals surface area contributed by atoms with E-state index in [1.807, 2.05) is 6.92 Å². The van der Waals surface area contributed by atoms with E-state index in [1.165, 1.54) is 17.9 Å². The number of carbonyl (C=O) groups excluding carboxylic acids is 1. The molecule has 11 heteroatoms. The minimum absolute atomic E-state index is 0.0301. The zero-order valence-corrected chi connectivity index (χ0v) is 17.7. The number of hydrogen-bond donors (Lipinski definition) is 4. The van der Waals surface area contributed by atoms with Gasteiger partial charge in [-0.05, 0) is 31.5 Å². The zero-order valence-electron chi connectivity index (χ0n) is 17.7. The van der Waals surface area contributed by atoms with Gasteiger partial charge in [0.25, 0.3) is 5.91 Å². The van der Waals surface area contributed by atoms with Crippen molar-refractivity contribution in [1.82, 2.24) is 14.8 Å². The van der Waals surface area contributed by atoms with E-state index in [4.69, 9.17) is 16.2 Å². The number of aromatic nitrogens is 3. The standard InChI is InChI=1S/C20H25F2N7O2/c1-5-15(9(2)23)26-19-14(22)8-12(17(24)30)18(27-19)25-10-6-11-16(13(21)7-10)29(3)28-20(11)31-4/h6-9,15H,5,23H2,1-4H3,(H2,24,30)(H2,25,26,27)/t9-,15+/m0/s1. The van der Waals surface area contributed by atoms with E-state index in [0.717, 1.165) is 6.07 Å². The summed E-state index contributed by atoms with van der Waals surface area (Å²) in [5.74, 6) is -2.11. The van der Waals surface area contributed by atoms with Crippen molar-refractivity contribution in [2.24, 2.45) is 18.5 Å². The van der Waals surface area contributed by atoms with Crippen LogP contribution in [-0.2, 0) is 7.05 Å². The van der Waals surface area contributed by atoms with E-state index >= 15 is 0 Å². The fourth-order valence-electron chi connectivity index (χ4n) is 3.34. The summed E-state index contributed by atoms with van der Waals surface area (Å²) in [4.78, 5) is 16.1. The second-order valence-corrected chi connectivity index (χ2v) is 7.21. The van der Waals surface area contributed by atoms with Crippen LogP contribution in [0.1, 0.15) is 30.6 Å². The summed E-state index contributed by atoms with van der Waals surface area (Å²) in [5, 5.41) is 10.3. The van der Waals surface area contributed by atoms with Gasteiger partial charge in [-0.25, -0.2) is 13.8 Å². The molecule has 0 aliphatic rings. The van der Waals surface area contributed by atoms with Gasteiger partial charge in [0, 0.05) is 24.8 Å². The SMILES string of the molecule is CC[C@@H](Nc1nc(Nc2cc(F)c3c(c2)c(OC)nn3C)c(C(N)=O)cc1F)[C@H](C)N. The molecule has 0 unspecified atom stereocenters. The number of anilines is 3. The van der Waals surface area contributed by atoms with Crippen LogP contribution in [0.2, 0.25) is 0 Å². The average molecular weight is 433 g/mol. The number of fused-ring (bicyclic) bond motifs is 1. The molecule has 9 nitrogen and oxygen atoms in total. The van der Waals surface area contributed by atoms with Crippen LogP contribution in [0.15, 0.2) is 18.2 Å². The largest absolute Gasteiger partial charge is 0.479 e. The van der Waals surface area contributed by atoms with Gasteiger partial charge in [-0.3, -0.25) is 9.48 Å². The molecule has 0 aliphatic heterocycles. The van der Waals surface area contributed by atoms with E-state index in [-0.39, 0.29) is 46.4 Å². The van der Waals surface area contributed by atoms with Crippen molar-refractivity contribution < 1.29 is 18.3 Å². The number of aryl methyl sites for hydroxylation is 1. The number of hydrogen-bond acceptors (Lipinski definition) is 7. The number of nitrogens with one attached hydrogen (secondary N) is 2. The Balaban J connectivity index is 2.07. The van der Waals surface area contributed by atoms with Crippen LogP contribution in [0.25, 0.3) is 10.9 Å². The maximum atomic E-state index is 14.7. The molecule has 1 amide bonds. The molecule has 3 aromatic rings. The third-order valence-electron chi connectivity index (χ3n) is 4.95. The molecule has 6 N–H and O–H groups in total. The molecule has 1 aromatic carbocycles. The van der Waals surface area contributed by atoms with Crippen molar-refractivity contribution in [2.45, 2.75) is 32.4 Å². The number of amides is 1. The molecule has 0 bridgehead atoms. The third-order valence-corrected chi connectivity index (χ3v) is 4.95. The van der Waals surface area contributed by atoms with Crippen LogP contribution in [0.3, 0.4) is 0 Å². The predicted octanol–water partition coefficient (Wildman–Crippen LogP) is 2.64. The molecule has 166 valence electrons. The normalized spacial score (nSPS) is 13.1. The zero-order chi connectivity index (χ0) is 22.9. The van der Waals surface area contributed by atoms with Gasteiger partial charge in [-0.1, -0.05) is 6.92 Å². The molecule has 0 aliphatic carbocycles. The van der Waals surface area contributed by atoms with Crippen molar-refractivity contribution in [3.05, 3.63) is 35.4 Å².